The van der Waals surface area contributed by atoms with Gasteiger partial charge in [0.15, 0.2) is 0 Å². The number of nitrogens with two attached hydrogens (primary N) is 1. The van der Waals surface area contributed by atoms with Crippen LogP contribution < -0.4 is 11.1 Å². The molecule has 0 rings (SSSR count). The van der Waals surface area contributed by atoms with Gasteiger partial charge in [-0.25, -0.2) is 0 Å². The number of carboxylic acids is 1. The number of aliphatic hydroxyl groups is 1. The zero-order valence-electron chi connectivity index (χ0n) is 8.23. The maximum atomic E-state index is 10.7. The van der Waals surface area contributed by atoms with Gasteiger partial charge in [0.05, 0.1) is 0 Å². The largest absolute Gasteiger partial charge is 0.480 e. The molecule has 0 saturated heterocycles. The van der Waals surface area contributed by atoms with Crippen LogP contribution in [0.1, 0.15) is 13.8 Å². The van der Waals surface area contributed by atoms with Crippen LogP contribution >= 0.6 is 0 Å². The molecule has 2 atom stereocenters. The van der Waals surface area contributed by atoms with Crippen LogP contribution in [0.25, 0.3) is 0 Å². The molecule has 0 aromatic heterocycles. The van der Waals surface area contributed by atoms with Gasteiger partial charge in [-0.15, -0.1) is 0 Å². The van der Waals surface area contributed by atoms with Crippen LogP contribution in [0.3, 0.4) is 0 Å². The number of rotatable bonds is 6. The molecule has 0 spiro atoms. The molecule has 82 valence electrons. The molecule has 0 saturated carbocycles. The standard InChI is InChI=1S/C8H16N2O4/c1-4(2)6(8(13)14)10-3-5(11)7(9)12/h4-6,10-11H,3H2,1-2H3,(H2,9,12)(H,13,14). The van der Waals surface area contributed by atoms with E-state index in [2.05, 4.69) is 5.32 Å². The highest BCUT2D eigenvalue weighted by molar-refractivity contribution is 5.79. The Morgan fingerprint density at radius 2 is 1.93 bits per heavy atom. The number of carbonyl (C=O) groups excluding carboxylic acids is 1. The predicted octanol–water partition coefficient (Wildman–Crippen LogP) is -1.47. The van der Waals surface area contributed by atoms with Gasteiger partial charge in [0.25, 0.3) is 0 Å². The van der Waals surface area contributed by atoms with Gasteiger partial charge in [0, 0.05) is 6.54 Å². The Labute approximate surface area is 82.1 Å². The van der Waals surface area contributed by atoms with E-state index < -0.39 is 24.0 Å². The molecule has 0 aromatic carbocycles. The zero-order valence-corrected chi connectivity index (χ0v) is 8.23. The highest BCUT2D eigenvalue weighted by atomic mass is 16.4. The van der Waals surface area contributed by atoms with Crippen molar-refractivity contribution in [3.05, 3.63) is 0 Å². The second-order valence-electron chi connectivity index (χ2n) is 3.39. The fraction of sp³-hybridized carbons (Fsp3) is 0.750. The maximum Gasteiger partial charge on any atom is 0.320 e. The summed E-state index contributed by atoms with van der Waals surface area (Å²) in [6.07, 6.45) is -1.35. The lowest BCUT2D eigenvalue weighted by Crippen LogP contribution is -2.47. The molecule has 5 N–H and O–H groups in total. The summed E-state index contributed by atoms with van der Waals surface area (Å²) in [6.45, 7) is 3.30. The Kier molecular flexibility index (Phi) is 5.11. The van der Waals surface area contributed by atoms with Gasteiger partial charge in [0.1, 0.15) is 12.1 Å². The number of amides is 1. The molecule has 0 aliphatic heterocycles. The summed E-state index contributed by atoms with van der Waals surface area (Å²) in [5, 5.41) is 20.3. The summed E-state index contributed by atoms with van der Waals surface area (Å²) in [7, 11) is 0. The molecule has 0 aliphatic rings. The van der Waals surface area contributed by atoms with Crippen molar-refractivity contribution in [3.63, 3.8) is 0 Å². The van der Waals surface area contributed by atoms with Crippen molar-refractivity contribution in [1.82, 2.24) is 5.32 Å². The molecular weight excluding hydrogens is 188 g/mol. The Balaban J connectivity index is 4.07. The highest BCUT2D eigenvalue weighted by Crippen LogP contribution is 2.01. The molecule has 1 amide bonds. The third kappa shape index (κ3) is 4.20. The lowest BCUT2D eigenvalue weighted by atomic mass is 10.0. The van der Waals surface area contributed by atoms with E-state index >= 15 is 0 Å². The van der Waals surface area contributed by atoms with E-state index in [1.807, 2.05) is 0 Å². The van der Waals surface area contributed by atoms with Crippen LogP contribution in [0.15, 0.2) is 0 Å². The molecule has 0 radical (unpaired) electrons. The fourth-order valence-corrected chi connectivity index (χ4v) is 0.947. The number of carboxylic acid groups (broad SMARTS) is 1. The molecule has 2 unspecified atom stereocenters. The molecule has 6 nitrogen and oxygen atoms in total. The van der Waals surface area contributed by atoms with E-state index in [0.717, 1.165) is 0 Å². The van der Waals surface area contributed by atoms with Crippen LogP contribution in [0.2, 0.25) is 0 Å². The Hall–Kier alpha value is -1.14. The van der Waals surface area contributed by atoms with Crippen LogP contribution in [0.5, 0.6) is 0 Å². The quantitative estimate of drug-likeness (QED) is 0.422. The number of hydrogen-bond acceptors (Lipinski definition) is 4. The van der Waals surface area contributed by atoms with E-state index in [9.17, 15) is 9.59 Å². The summed E-state index contributed by atoms with van der Waals surface area (Å²) in [4.78, 5) is 21.1. The summed E-state index contributed by atoms with van der Waals surface area (Å²) >= 11 is 0. The van der Waals surface area contributed by atoms with Crippen LogP contribution in [-0.4, -0.2) is 40.8 Å². The molecule has 0 aliphatic carbocycles. The van der Waals surface area contributed by atoms with Crippen molar-refractivity contribution in [2.24, 2.45) is 11.7 Å². The van der Waals surface area contributed by atoms with Crippen LogP contribution in [0.4, 0.5) is 0 Å². The summed E-state index contributed by atoms with van der Waals surface area (Å²) in [6, 6.07) is -0.788. The van der Waals surface area contributed by atoms with Crippen molar-refractivity contribution >= 4 is 11.9 Å². The number of aliphatic carboxylic acids is 1. The second kappa shape index (κ2) is 5.56. The minimum Gasteiger partial charge on any atom is -0.480 e. The number of hydrogen-bond donors (Lipinski definition) is 4. The molecule has 14 heavy (non-hydrogen) atoms. The minimum atomic E-state index is -1.35. The second-order valence-corrected chi connectivity index (χ2v) is 3.39. The lowest BCUT2D eigenvalue weighted by Gasteiger charge is -2.18. The monoisotopic (exact) mass is 204 g/mol. The number of aliphatic hydroxyl groups excluding tert-OH is 1. The highest BCUT2D eigenvalue weighted by Gasteiger charge is 2.22. The normalized spacial score (nSPS) is 15.1. The Bertz CT molecular complexity index is 217. The molecule has 0 fully saturated rings. The van der Waals surface area contributed by atoms with Gasteiger partial charge in [-0.2, -0.15) is 0 Å². The van der Waals surface area contributed by atoms with Crippen LogP contribution in [0, 0.1) is 5.92 Å². The summed E-state index contributed by atoms with van der Waals surface area (Å²) < 4.78 is 0. The van der Waals surface area contributed by atoms with E-state index in [4.69, 9.17) is 15.9 Å². The lowest BCUT2D eigenvalue weighted by molar-refractivity contribution is -0.141. The third-order valence-corrected chi connectivity index (χ3v) is 1.79. The molecule has 6 heteroatoms. The molecular formula is C8H16N2O4. The molecule has 0 heterocycles. The maximum absolute atomic E-state index is 10.7. The van der Waals surface area contributed by atoms with Gasteiger partial charge in [0.2, 0.25) is 5.91 Å². The van der Waals surface area contributed by atoms with Gasteiger partial charge in [-0.1, -0.05) is 13.8 Å². The summed E-state index contributed by atoms with van der Waals surface area (Å²) in [5.74, 6) is -2.02. The van der Waals surface area contributed by atoms with Gasteiger partial charge >= 0.3 is 5.97 Å². The van der Waals surface area contributed by atoms with Crippen molar-refractivity contribution in [1.29, 1.82) is 0 Å². The average molecular weight is 204 g/mol. The van der Waals surface area contributed by atoms with E-state index in [1.54, 1.807) is 13.8 Å². The van der Waals surface area contributed by atoms with Crippen molar-refractivity contribution < 1.29 is 19.8 Å². The number of nitrogens with one attached hydrogen (secondary N) is 1. The van der Waals surface area contributed by atoms with Crippen molar-refractivity contribution in [3.8, 4) is 0 Å². The fourth-order valence-electron chi connectivity index (χ4n) is 0.947. The van der Waals surface area contributed by atoms with Gasteiger partial charge in [-0.3, -0.25) is 9.59 Å². The first kappa shape index (κ1) is 12.9. The number of primary amides is 1. The first-order chi connectivity index (χ1) is 6.36. The molecule has 0 bridgehead atoms. The average Bonchev–Trinajstić information content (AvgIpc) is 2.02. The van der Waals surface area contributed by atoms with Gasteiger partial charge in [-0.05, 0) is 5.92 Å². The molecule has 0 aromatic rings. The van der Waals surface area contributed by atoms with E-state index in [-0.39, 0.29) is 12.5 Å². The van der Waals surface area contributed by atoms with E-state index in [1.165, 1.54) is 0 Å². The van der Waals surface area contributed by atoms with Crippen molar-refractivity contribution in [2.75, 3.05) is 6.54 Å². The van der Waals surface area contributed by atoms with Crippen molar-refractivity contribution in [2.45, 2.75) is 26.0 Å². The SMILES string of the molecule is CC(C)C(NCC(O)C(N)=O)C(=O)O. The minimum absolute atomic E-state index is 0.132. The topological polar surface area (TPSA) is 113 Å². The smallest absolute Gasteiger partial charge is 0.320 e. The Morgan fingerprint density at radius 3 is 2.21 bits per heavy atom. The zero-order chi connectivity index (χ0) is 11.3. The number of carbonyl (C=O) groups is 2. The summed E-state index contributed by atoms with van der Waals surface area (Å²) in [5.41, 5.74) is 4.80. The Morgan fingerprint density at radius 1 is 1.43 bits per heavy atom. The first-order valence-corrected chi connectivity index (χ1v) is 4.29. The predicted molar refractivity (Wildman–Crippen MR) is 49.5 cm³/mol. The van der Waals surface area contributed by atoms with Crippen LogP contribution in [-0.2, 0) is 9.59 Å². The first-order valence-electron chi connectivity index (χ1n) is 4.29. The van der Waals surface area contributed by atoms with Gasteiger partial charge < -0.3 is 21.3 Å². The van der Waals surface area contributed by atoms with E-state index in [0.29, 0.717) is 0 Å². The third-order valence-electron chi connectivity index (χ3n) is 1.79.